The third kappa shape index (κ3) is 3.12. The minimum atomic E-state index is -3.32. The van der Waals surface area contributed by atoms with Gasteiger partial charge in [0.15, 0.2) is 9.84 Å². The third-order valence-electron chi connectivity index (χ3n) is 3.44. The van der Waals surface area contributed by atoms with Crippen LogP contribution in [0.3, 0.4) is 0 Å². The predicted octanol–water partition coefficient (Wildman–Crippen LogP) is 2.71. The van der Waals surface area contributed by atoms with Crippen LogP contribution in [0.15, 0.2) is 29.2 Å². The summed E-state index contributed by atoms with van der Waals surface area (Å²) in [5.74, 6) is 0.400. The largest absolute Gasteiger partial charge is 0.327 e. The summed E-state index contributed by atoms with van der Waals surface area (Å²) in [7, 11) is -3.32. The second kappa shape index (κ2) is 5.85. The lowest BCUT2D eigenvalue weighted by Gasteiger charge is -2.19. The molecule has 102 valence electrons. The van der Waals surface area contributed by atoms with Gasteiger partial charge in [-0.15, -0.1) is 0 Å². The van der Waals surface area contributed by atoms with Crippen molar-refractivity contribution < 1.29 is 8.42 Å². The fraction of sp³-hybridized carbons (Fsp3) is 0.571. The van der Waals surface area contributed by atoms with Crippen LogP contribution in [-0.2, 0) is 9.84 Å². The summed E-state index contributed by atoms with van der Waals surface area (Å²) in [6.07, 6.45) is 0.657. The summed E-state index contributed by atoms with van der Waals surface area (Å²) >= 11 is 0. The molecule has 1 aromatic carbocycles. The number of hydrogen-bond donors (Lipinski definition) is 1. The van der Waals surface area contributed by atoms with Gasteiger partial charge in [0.1, 0.15) is 0 Å². The molecule has 1 rings (SSSR count). The molecule has 0 radical (unpaired) electrons. The summed E-state index contributed by atoms with van der Waals surface area (Å²) < 4.78 is 24.7. The maximum atomic E-state index is 12.3. The predicted molar refractivity (Wildman–Crippen MR) is 75.4 cm³/mol. The Hall–Kier alpha value is -0.870. The summed E-state index contributed by atoms with van der Waals surface area (Å²) in [5, 5.41) is -0.549. The highest BCUT2D eigenvalue weighted by Gasteiger charge is 2.27. The van der Waals surface area contributed by atoms with E-state index in [1.807, 2.05) is 19.1 Å². The SMILES string of the molecule is CCC(N)C(C)S(=O)(=O)c1ccc(C(C)C)cc1. The molecule has 0 aliphatic carbocycles. The van der Waals surface area contributed by atoms with Gasteiger partial charge in [-0.25, -0.2) is 8.42 Å². The Labute approximate surface area is 110 Å². The van der Waals surface area contributed by atoms with Crippen molar-refractivity contribution in [1.82, 2.24) is 0 Å². The molecule has 0 fully saturated rings. The molecule has 0 aliphatic rings. The van der Waals surface area contributed by atoms with Crippen LogP contribution < -0.4 is 5.73 Å². The quantitative estimate of drug-likeness (QED) is 0.894. The van der Waals surface area contributed by atoms with E-state index in [4.69, 9.17) is 5.73 Å². The molecule has 0 aliphatic heterocycles. The Morgan fingerprint density at radius 3 is 2.00 bits per heavy atom. The maximum Gasteiger partial charge on any atom is 0.182 e. The van der Waals surface area contributed by atoms with Gasteiger partial charge in [0.25, 0.3) is 0 Å². The van der Waals surface area contributed by atoms with Crippen molar-refractivity contribution >= 4 is 9.84 Å². The van der Waals surface area contributed by atoms with Crippen LogP contribution in [0.4, 0.5) is 0 Å². The van der Waals surface area contributed by atoms with Crippen LogP contribution in [0, 0.1) is 0 Å². The smallest absolute Gasteiger partial charge is 0.182 e. The van der Waals surface area contributed by atoms with Gasteiger partial charge in [-0.2, -0.15) is 0 Å². The first kappa shape index (κ1) is 15.2. The number of benzene rings is 1. The first-order chi connectivity index (χ1) is 8.30. The minimum Gasteiger partial charge on any atom is -0.327 e. The molecule has 0 saturated carbocycles. The van der Waals surface area contributed by atoms with E-state index < -0.39 is 15.1 Å². The Morgan fingerprint density at radius 1 is 1.11 bits per heavy atom. The minimum absolute atomic E-state index is 0.320. The number of nitrogens with two attached hydrogens (primary N) is 1. The number of hydrogen-bond acceptors (Lipinski definition) is 3. The van der Waals surface area contributed by atoms with Gasteiger partial charge in [-0.05, 0) is 37.0 Å². The first-order valence-corrected chi connectivity index (χ1v) is 7.94. The van der Waals surface area contributed by atoms with E-state index in [1.54, 1.807) is 19.1 Å². The molecule has 0 bridgehead atoms. The fourth-order valence-electron chi connectivity index (χ4n) is 1.82. The maximum absolute atomic E-state index is 12.3. The highest BCUT2D eigenvalue weighted by atomic mass is 32.2. The van der Waals surface area contributed by atoms with E-state index in [2.05, 4.69) is 13.8 Å². The van der Waals surface area contributed by atoms with E-state index >= 15 is 0 Å². The molecule has 4 heteroatoms. The van der Waals surface area contributed by atoms with E-state index in [9.17, 15) is 8.42 Å². The van der Waals surface area contributed by atoms with Crippen LogP contribution in [0.5, 0.6) is 0 Å². The molecule has 0 saturated heterocycles. The topological polar surface area (TPSA) is 60.2 Å². The zero-order valence-electron chi connectivity index (χ0n) is 11.6. The van der Waals surface area contributed by atoms with Crippen molar-refractivity contribution in [3.05, 3.63) is 29.8 Å². The van der Waals surface area contributed by atoms with Gasteiger partial charge in [-0.1, -0.05) is 32.9 Å². The van der Waals surface area contributed by atoms with Gasteiger partial charge in [0.05, 0.1) is 10.1 Å². The van der Waals surface area contributed by atoms with Crippen LogP contribution in [0.1, 0.15) is 45.6 Å². The van der Waals surface area contributed by atoms with Crippen LogP contribution in [0.2, 0.25) is 0 Å². The summed E-state index contributed by atoms with van der Waals surface area (Å²) in [5.41, 5.74) is 6.98. The molecular formula is C14H23NO2S. The zero-order valence-corrected chi connectivity index (χ0v) is 12.4. The molecule has 0 heterocycles. The number of sulfone groups is 1. The Morgan fingerprint density at radius 2 is 1.61 bits per heavy atom. The third-order valence-corrected chi connectivity index (χ3v) is 5.70. The van der Waals surface area contributed by atoms with Crippen LogP contribution in [-0.4, -0.2) is 19.7 Å². The summed E-state index contributed by atoms with van der Waals surface area (Å²) in [6.45, 7) is 7.75. The first-order valence-electron chi connectivity index (χ1n) is 6.40. The Bertz CT molecular complexity index is 477. The van der Waals surface area contributed by atoms with E-state index in [0.717, 1.165) is 5.56 Å². The Kier molecular flexibility index (Phi) is 4.93. The monoisotopic (exact) mass is 269 g/mol. The van der Waals surface area contributed by atoms with E-state index in [0.29, 0.717) is 17.2 Å². The van der Waals surface area contributed by atoms with Gasteiger partial charge >= 0.3 is 0 Å². The van der Waals surface area contributed by atoms with Crippen molar-refractivity contribution in [3.8, 4) is 0 Å². The lowest BCUT2D eigenvalue weighted by Crippen LogP contribution is -2.37. The van der Waals surface area contributed by atoms with Crippen molar-refractivity contribution in [2.75, 3.05) is 0 Å². The molecule has 0 amide bonds. The zero-order chi connectivity index (χ0) is 13.9. The van der Waals surface area contributed by atoms with Crippen molar-refractivity contribution in [3.63, 3.8) is 0 Å². The highest BCUT2D eigenvalue weighted by Crippen LogP contribution is 2.21. The van der Waals surface area contributed by atoms with E-state index in [-0.39, 0.29) is 6.04 Å². The van der Waals surface area contributed by atoms with Gasteiger partial charge in [0.2, 0.25) is 0 Å². The highest BCUT2D eigenvalue weighted by molar-refractivity contribution is 7.92. The second-order valence-electron chi connectivity index (χ2n) is 5.05. The average molecular weight is 269 g/mol. The molecule has 0 aromatic heterocycles. The summed E-state index contributed by atoms with van der Waals surface area (Å²) in [6, 6.07) is 6.80. The van der Waals surface area contributed by atoms with Crippen LogP contribution >= 0.6 is 0 Å². The molecule has 18 heavy (non-hydrogen) atoms. The van der Waals surface area contributed by atoms with Gasteiger partial charge in [-0.3, -0.25) is 0 Å². The molecular weight excluding hydrogens is 246 g/mol. The normalized spacial score (nSPS) is 15.7. The van der Waals surface area contributed by atoms with Crippen molar-refractivity contribution in [1.29, 1.82) is 0 Å². The second-order valence-corrected chi connectivity index (χ2v) is 7.35. The van der Waals surface area contributed by atoms with Gasteiger partial charge in [0, 0.05) is 6.04 Å². The van der Waals surface area contributed by atoms with Crippen LogP contribution in [0.25, 0.3) is 0 Å². The van der Waals surface area contributed by atoms with E-state index in [1.165, 1.54) is 0 Å². The molecule has 2 N–H and O–H groups in total. The Balaban J connectivity index is 3.06. The molecule has 2 atom stereocenters. The average Bonchev–Trinajstić information content (AvgIpc) is 2.36. The number of rotatable bonds is 5. The van der Waals surface area contributed by atoms with Crippen molar-refractivity contribution in [2.45, 2.75) is 56.2 Å². The standard InChI is InChI=1S/C14H23NO2S/c1-5-14(15)11(4)18(16,17)13-8-6-12(7-9-13)10(2)3/h6-11,14H,5,15H2,1-4H3. The summed E-state index contributed by atoms with van der Waals surface area (Å²) in [4.78, 5) is 0.364. The molecule has 0 spiro atoms. The van der Waals surface area contributed by atoms with Crippen molar-refractivity contribution in [2.24, 2.45) is 5.73 Å². The fourth-order valence-corrected chi connectivity index (χ4v) is 3.42. The molecule has 1 aromatic rings. The molecule has 3 nitrogen and oxygen atoms in total. The molecule has 2 unspecified atom stereocenters. The lowest BCUT2D eigenvalue weighted by molar-refractivity contribution is 0.552. The lowest BCUT2D eigenvalue weighted by atomic mass is 10.0. The van der Waals surface area contributed by atoms with Gasteiger partial charge < -0.3 is 5.73 Å².